The molecule has 0 spiro atoms. The van der Waals surface area contributed by atoms with E-state index < -0.39 is 9.84 Å². The van der Waals surface area contributed by atoms with Gasteiger partial charge in [0.25, 0.3) is 0 Å². The summed E-state index contributed by atoms with van der Waals surface area (Å²) in [5.74, 6) is 0.457. The third kappa shape index (κ3) is 2.25. The lowest BCUT2D eigenvalue weighted by atomic mass is 10.3. The topological polar surface area (TPSA) is 90.6 Å². The second kappa shape index (κ2) is 5.13. The summed E-state index contributed by atoms with van der Waals surface area (Å²) in [4.78, 5) is 16.8. The molecule has 0 aromatic carbocycles. The standard InChI is InChI=1S/C14H15N5O2S/c1-4-22(20,21)14-10(7-15-8-17-14)12-18-11-5-9(2)6-16-13(11)19(12)3/h5-8H,4H2,1-3H3. The van der Waals surface area contributed by atoms with Gasteiger partial charge in [-0.05, 0) is 18.6 Å². The molecule has 114 valence electrons. The first-order valence-electron chi connectivity index (χ1n) is 6.76. The summed E-state index contributed by atoms with van der Waals surface area (Å²) >= 11 is 0. The van der Waals surface area contributed by atoms with Crippen molar-refractivity contribution >= 4 is 21.0 Å². The van der Waals surface area contributed by atoms with E-state index in [1.54, 1.807) is 24.7 Å². The summed E-state index contributed by atoms with van der Waals surface area (Å²) in [6, 6.07) is 1.91. The maximum Gasteiger partial charge on any atom is 0.196 e. The van der Waals surface area contributed by atoms with Gasteiger partial charge in [0.2, 0.25) is 0 Å². The second-order valence-corrected chi connectivity index (χ2v) is 7.19. The van der Waals surface area contributed by atoms with Crippen molar-refractivity contribution in [2.45, 2.75) is 18.9 Å². The molecule has 0 bridgehead atoms. The van der Waals surface area contributed by atoms with Crippen molar-refractivity contribution in [3.05, 3.63) is 30.4 Å². The van der Waals surface area contributed by atoms with E-state index in [0.29, 0.717) is 22.6 Å². The number of sulfone groups is 1. The Labute approximate surface area is 128 Å². The van der Waals surface area contributed by atoms with Gasteiger partial charge in [-0.1, -0.05) is 6.92 Å². The van der Waals surface area contributed by atoms with Gasteiger partial charge in [0, 0.05) is 19.4 Å². The van der Waals surface area contributed by atoms with Crippen molar-refractivity contribution in [3.8, 4) is 11.4 Å². The lowest BCUT2D eigenvalue weighted by Gasteiger charge is -2.07. The highest BCUT2D eigenvalue weighted by Gasteiger charge is 2.23. The molecule has 3 heterocycles. The van der Waals surface area contributed by atoms with Crippen LogP contribution in [0, 0.1) is 6.92 Å². The first-order valence-corrected chi connectivity index (χ1v) is 8.41. The Kier molecular flexibility index (Phi) is 3.40. The van der Waals surface area contributed by atoms with Crippen LogP contribution >= 0.6 is 0 Å². The van der Waals surface area contributed by atoms with Crippen LogP contribution in [-0.4, -0.2) is 38.7 Å². The molecule has 8 heteroatoms. The molecule has 0 aliphatic rings. The quantitative estimate of drug-likeness (QED) is 0.680. The lowest BCUT2D eigenvalue weighted by molar-refractivity contribution is 0.593. The van der Waals surface area contributed by atoms with E-state index in [-0.39, 0.29) is 10.8 Å². The van der Waals surface area contributed by atoms with Crippen LogP contribution in [0.1, 0.15) is 12.5 Å². The van der Waals surface area contributed by atoms with Crippen LogP contribution in [0.15, 0.2) is 29.8 Å². The molecule has 0 aliphatic heterocycles. The zero-order chi connectivity index (χ0) is 15.9. The predicted octanol–water partition coefficient (Wildman–Crippen LogP) is 1.53. The van der Waals surface area contributed by atoms with E-state index in [1.165, 1.54) is 12.5 Å². The van der Waals surface area contributed by atoms with Crippen molar-refractivity contribution < 1.29 is 8.42 Å². The predicted molar refractivity (Wildman–Crippen MR) is 82.0 cm³/mol. The van der Waals surface area contributed by atoms with E-state index in [1.807, 2.05) is 13.0 Å². The van der Waals surface area contributed by atoms with Crippen LogP contribution in [0.4, 0.5) is 0 Å². The van der Waals surface area contributed by atoms with Gasteiger partial charge in [-0.2, -0.15) is 0 Å². The highest BCUT2D eigenvalue weighted by molar-refractivity contribution is 7.91. The highest BCUT2D eigenvalue weighted by atomic mass is 32.2. The van der Waals surface area contributed by atoms with Crippen molar-refractivity contribution in [2.75, 3.05) is 5.75 Å². The summed E-state index contributed by atoms with van der Waals surface area (Å²) in [7, 11) is -1.67. The highest BCUT2D eigenvalue weighted by Crippen LogP contribution is 2.27. The smallest absolute Gasteiger partial charge is 0.196 e. The Balaban J connectivity index is 2.31. The zero-order valence-electron chi connectivity index (χ0n) is 12.5. The Hall–Kier alpha value is -2.35. The molecular weight excluding hydrogens is 302 g/mol. The number of hydrogen-bond donors (Lipinski definition) is 0. The molecule has 3 rings (SSSR count). The van der Waals surface area contributed by atoms with Crippen molar-refractivity contribution in [3.63, 3.8) is 0 Å². The van der Waals surface area contributed by atoms with Crippen molar-refractivity contribution in [1.29, 1.82) is 0 Å². The molecule has 7 nitrogen and oxygen atoms in total. The van der Waals surface area contributed by atoms with Gasteiger partial charge in [0.15, 0.2) is 20.5 Å². The Bertz CT molecular complexity index is 963. The summed E-state index contributed by atoms with van der Waals surface area (Å²) in [6.45, 7) is 3.51. The van der Waals surface area contributed by atoms with Gasteiger partial charge in [-0.25, -0.2) is 28.4 Å². The minimum atomic E-state index is -3.46. The van der Waals surface area contributed by atoms with E-state index in [2.05, 4.69) is 19.9 Å². The molecule has 3 aromatic rings. The number of imidazole rings is 1. The number of nitrogens with zero attached hydrogens (tertiary/aromatic N) is 5. The molecule has 22 heavy (non-hydrogen) atoms. The minimum Gasteiger partial charge on any atom is -0.312 e. The van der Waals surface area contributed by atoms with E-state index in [4.69, 9.17) is 0 Å². The maximum absolute atomic E-state index is 12.2. The summed E-state index contributed by atoms with van der Waals surface area (Å²) in [5, 5.41) is 0.000119. The van der Waals surface area contributed by atoms with Crippen LogP contribution in [0.25, 0.3) is 22.6 Å². The van der Waals surface area contributed by atoms with Crippen LogP contribution in [0.2, 0.25) is 0 Å². The van der Waals surface area contributed by atoms with Gasteiger partial charge in [-0.15, -0.1) is 0 Å². The molecule has 0 unspecified atom stereocenters. The lowest BCUT2D eigenvalue weighted by Crippen LogP contribution is -2.10. The van der Waals surface area contributed by atoms with E-state index >= 15 is 0 Å². The summed E-state index contributed by atoms with van der Waals surface area (Å²) in [5.41, 5.74) is 2.77. The molecular formula is C14H15N5O2S. The Morgan fingerprint density at radius 2 is 2.00 bits per heavy atom. The van der Waals surface area contributed by atoms with Crippen LogP contribution in [-0.2, 0) is 16.9 Å². The van der Waals surface area contributed by atoms with Crippen molar-refractivity contribution in [2.24, 2.45) is 7.05 Å². The number of hydrogen-bond acceptors (Lipinski definition) is 6. The SMILES string of the molecule is CCS(=O)(=O)c1ncncc1-c1nc2cc(C)cnc2n1C. The molecule has 0 saturated carbocycles. The second-order valence-electron chi connectivity index (χ2n) is 4.99. The van der Waals surface area contributed by atoms with Gasteiger partial charge in [0.05, 0.1) is 11.3 Å². The third-order valence-electron chi connectivity index (χ3n) is 3.44. The fraction of sp³-hybridized carbons (Fsp3) is 0.286. The van der Waals surface area contributed by atoms with Gasteiger partial charge in [0.1, 0.15) is 17.7 Å². The third-order valence-corrected chi connectivity index (χ3v) is 5.11. The molecule has 0 atom stereocenters. The molecule has 0 aliphatic carbocycles. The van der Waals surface area contributed by atoms with Crippen LogP contribution < -0.4 is 0 Å². The fourth-order valence-corrected chi connectivity index (χ4v) is 3.23. The normalized spacial score (nSPS) is 12.0. The molecule has 0 amide bonds. The molecule has 3 aromatic heterocycles. The molecule has 0 saturated heterocycles. The summed E-state index contributed by atoms with van der Waals surface area (Å²) < 4.78 is 26.2. The summed E-state index contributed by atoms with van der Waals surface area (Å²) in [6.07, 6.45) is 4.46. The minimum absolute atomic E-state index is 0.000119. The monoisotopic (exact) mass is 317 g/mol. The fourth-order valence-electron chi connectivity index (χ4n) is 2.27. The van der Waals surface area contributed by atoms with Crippen LogP contribution in [0.3, 0.4) is 0 Å². The first kappa shape index (κ1) is 14.6. The Morgan fingerprint density at radius 1 is 1.23 bits per heavy atom. The van der Waals surface area contributed by atoms with E-state index in [0.717, 1.165) is 5.56 Å². The van der Waals surface area contributed by atoms with Gasteiger partial charge in [-0.3, -0.25) is 0 Å². The van der Waals surface area contributed by atoms with Crippen molar-refractivity contribution in [1.82, 2.24) is 24.5 Å². The van der Waals surface area contributed by atoms with Gasteiger partial charge >= 0.3 is 0 Å². The number of rotatable bonds is 3. The zero-order valence-corrected chi connectivity index (χ0v) is 13.3. The average molecular weight is 317 g/mol. The number of fused-ring (bicyclic) bond motifs is 1. The largest absolute Gasteiger partial charge is 0.312 e. The Morgan fingerprint density at radius 3 is 2.73 bits per heavy atom. The number of pyridine rings is 1. The maximum atomic E-state index is 12.2. The number of aromatic nitrogens is 5. The van der Waals surface area contributed by atoms with Gasteiger partial charge < -0.3 is 4.57 Å². The first-order chi connectivity index (χ1) is 10.4. The number of aryl methyl sites for hydroxylation is 2. The van der Waals surface area contributed by atoms with E-state index in [9.17, 15) is 8.42 Å². The molecule has 0 fully saturated rings. The average Bonchev–Trinajstić information content (AvgIpc) is 2.83. The van der Waals surface area contributed by atoms with Crippen LogP contribution in [0.5, 0.6) is 0 Å². The molecule has 0 radical (unpaired) electrons. The molecule has 0 N–H and O–H groups in total.